The maximum atomic E-state index is 12.6. The Kier molecular flexibility index (Phi) is 5.03. The minimum Gasteiger partial charge on any atom is -0.477 e. The molecule has 0 bridgehead atoms. The van der Waals surface area contributed by atoms with E-state index >= 15 is 0 Å². The SMILES string of the molecule is COCC1CCCN(S(=O)(=O)c2cc(C)c(C(=O)O)s2)C1. The molecule has 1 aliphatic heterocycles. The highest BCUT2D eigenvalue weighted by Gasteiger charge is 2.32. The number of ether oxygens (including phenoxy) is 1. The summed E-state index contributed by atoms with van der Waals surface area (Å²) in [6, 6.07) is 1.45. The van der Waals surface area contributed by atoms with Gasteiger partial charge >= 0.3 is 5.97 Å². The Morgan fingerprint density at radius 3 is 2.86 bits per heavy atom. The Balaban J connectivity index is 2.25. The van der Waals surface area contributed by atoms with Gasteiger partial charge in [0.15, 0.2) is 0 Å². The molecule has 118 valence electrons. The van der Waals surface area contributed by atoms with Crippen molar-refractivity contribution in [3.8, 4) is 0 Å². The predicted molar refractivity (Wildman–Crippen MR) is 79.4 cm³/mol. The number of rotatable bonds is 5. The van der Waals surface area contributed by atoms with Gasteiger partial charge in [0.05, 0.1) is 6.61 Å². The van der Waals surface area contributed by atoms with Crippen LogP contribution in [0.25, 0.3) is 0 Å². The zero-order chi connectivity index (χ0) is 15.6. The van der Waals surface area contributed by atoms with Gasteiger partial charge < -0.3 is 9.84 Å². The second-order valence-electron chi connectivity index (χ2n) is 5.21. The van der Waals surface area contributed by atoms with E-state index in [0.29, 0.717) is 25.3 Å². The van der Waals surface area contributed by atoms with E-state index < -0.39 is 16.0 Å². The number of piperidine rings is 1. The Bertz CT molecular complexity index is 621. The van der Waals surface area contributed by atoms with Crippen LogP contribution in [0.15, 0.2) is 10.3 Å². The van der Waals surface area contributed by atoms with Crippen molar-refractivity contribution in [2.24, 2.45) is 5.92 Å². The van der Waals surface area contributed by atoms with Gasteiger partial charge in [0.2, 0.25) is 0 Å². The van der Waals surface area contributed by atoms with Crippen LogP contribution >= 0.6 is 11.3 Å². The molecule has 1 aromatic rings. The van der Waals surface area contributed by atoms with E-state index in [1.165, 1.54) is 10.4 Å². The summed E-state index contributed by atoms with van der Waals surface area (Å²) in [7, 11) is -2.01. The Labute approximate surface area is 128 Å². The van der Waals surface area contributed by atoms with E-state index in [1.54, 1.807) is 14.0 Å². The summed E-state index contributed by atoms with van der Waals surface area (Å²) in [5.74, 6) is -0.895. The lowest BCUT2D eigenvalue weighted by Gasteiger charge is -2.31. The first-order chi connectivity index (χ1) is 9.86. The van der Waals surface area contributed by atoms with Crippen LogP contribution in [0, 0.1) is 12.8 Å². The maximum absolute atomic E-state index is 12.6. The topological polar surface area (TPSA) is 83.9 Å². The van der Waals surface area contributed by atoms with Crippen LogP contribution in [0.3, 0.4) is 0 Å². The lowest BCUT2D eigenvalue weighted by Crippen LogP contribution is -2.40. The molecule has 1 unspecified atom stereocenters. The number of carboxylic acid groups (broad SMARTS) is 1. The van der Waals surface area contributed by atoms with Crippen molar-refractivity contribution in [3.05, 3.63) is 16.5 Å². The van der Waals surface area contributed by atoms with Crippen molar-refractivity contribution >= 4 is 27.3 Å². The molecule has 6 nitrogen and oxygen atoms in total. The van der Waals surface area contributed by atoms with Gasteiger partial charge in [0.25, 0.3) is 10.0 Å². The fourth-order valence-corrected chi connectivity index (χ4v) is 5.62. The molecular weight excluding hydrogens is 314 g/mol. The third kappa shape index (κ3) is 3.45. The molecule has 1 aliphatic rings. The molecule has 1 saturated heterocycles. The highest BCUT2D eigenvalue weighted by molar-refractivity contribution is 7.91. The van der Waals surface area contributed by atoms with Crippen molar-refractivity contribution in [1.29, 1.82) is 0 Å². The van der Waals surface area contributed by atoms with Gasteiger partial charge in [0, 0.05) is 20.2 Å². The zero-order valence-electron chi connectivity index (χ0n) is 12.0. The molecule has 1 fully saturated rings. The summed E-state index contributed by atoms with van der Waals surface area (Å²) >= 11 is 0.822. The number of methoxy groups -OCH3 is 1. The smallest absolute Gasteiger partial charge is 0.346 e. The fourth-order valence-electron chi connectivity index (χ4n) is 2.54. The second-order valence-corrected chi connectivity index (χ2v) is 8.43. The van der Waals surface area contributed by atoms with Gasteiger partial charge in [-0.05, 0) is 37.3 Å². The maximum Gasteiger partial charge on any atom is 0.346 e. The number of sulfonamides is 1. The third-order valence-corrected chi connectivity index (χ3v) is 7.11. The molecule has 0 amide bonds. The van der Waals surface area contributed by atoms with Crippen molar-refractivity contribution in [3.63, 3.8) is 0 Å². The number of aryl methyl sites for hydroxylation is 1. The first-order valence-electron chi connectivity index (χ1n) is 6.69. The fraction of sp³-hybridized carbons (Fsp3) is 0.615. The van der Waals surface area contributed by atoms with Gasteiger partial charge in [0.1, 0.15) is 9.09 Å². The minimum atomic E-state index is -3.62. The van der Waals surface area contributed by atoms with Crippen LogP contribution in [-0.2, 0) is 14.8 Å². The lowest BCUT2D eigenvalue weighted by atomic mass is 10.0. The van der Waals surface area contributed by atoms with Crippen molar-refractivity contribution in [2.45, 2.75) is 24.0 Å². The molecule has 1 N–H and O–H groups in total. The number of hydrogen-bond donors (Lipinski definition) is 1. The van der Waals surface area contributed by atoms with Gasteiger partial charge in [-0.2, -0.15) is 4.31 Å². The van der Waals surface area contributed by atoms with E-state index in [0.717, 1.165) is 24.2 Å². The molecule has 8 heteroatoms. The van der Waals surface area contributed by atoms with Crippen LogP contribution in [-0.4, -0.2) is 50.6 Å². The first kappa shape index (κ1) is 16.4. The Hall–Kier alpha value is -0.960. The number of carbonyl (C=O) groups is 1. The number of thiophene rings is 1. The summed E-state index contributed by atoms with van der Waals surface area (Å²) < 4.78 is 31.9. The monoisotopic (exact) mass is 333 g/mol. The standard InChI is InChI=1S/C13H19NO5S2/c1-9-6-11(20-12(9)13(15)16)21(17,18)14-5-3-4-10(7-14)8-19-2/h6,10H,3-5,7-8H2,1-2H3,(H,15,16). The molecule has 2 heterocycles. The average molecular weight is 333 g/mol. The Morgan fingerprint density at radius 2 is 2.29 bits per heavy atom. The number of aromatic carboxylic acids is 1. The summed E-state index contributed by atoms with van der Waals surface area (Å²) in [6.45, 7) is 3.05. The average Bonchev–Trinajstić information content (AvgIpc) is 2.82. The normalized spacial score (nSPS) is 20.6. The largest absolute Gasteiger partial charge is 0.477 e. The lowest BCUT2D eigenvalue weighted by molar-refractivity contribution is 0.0701. The van der Waals surface area contributed by atoms with Gasteiger partial charge in [-0.15, -0.1) is 11.3 Å². The highest BCUT2D eigenvalue weighted by atomic mass is 32.2. The molecule has 0 aromatic carbocycles. The second kappa shape index (κ2) is 6.43. The number of carboxylic acids is 1. The van der Waals surface area contributed by atoms with Crippen molar-refractivity contribution in [1.82, 2.24) is 4.31 Å². The van der Waals surface area contributed by atoms with Crippen LogP contribution in [0.2, 0.25) is 0 Å². The van der Waals surface area contributed by atoms with Crippen LogP contribution < -0.4 is 0 Å². The van der Waals surface area contributed by atoms with Crippen molar-refractivity contribution in [2.75, 3.05) is 26.8 Å². The number of nitrogens with zero attached hydrogens (tertiary/aromatic N) is 1. The van der Waals surface area contributed by atoms with Crippen LogP contribution in [0.5, 0.6) is 0 Å². The molecule has 0 saturated carbocycles. The quantitative estimate of drug-likeness (QED) is 0.888. The molecule has 0 aliphatic carbocycles. The van der Waals surface area contributed by atoms with E-state index in [2.05, 4.69) is 0 Å². The first-order valence-corrected chi connectivity index (χ1v) is 8.94. The van der Waals surface area contributed by atoms with Crippen molar-refractivity contribution < 1.29 is 23.1 Å². The summed E-state index contributed by atoms with van der Waals surface area (Å²) in [5.41, 5.74) is 0.483. The molecule has 1 aromatic heterocycles. The summed E-state index contributed by atoms with van der Waals surface area (Å²) in [4.78, 5) is 11.1. The van der Waals surface area contributed by atoms with Crippen LogP contribution in [0.4, 0.5) is 0 Å². The summed E-state index contributed by atoms with van der Waals surface area (Å²) in [6.07, 6.45) is 1.74. The zero-order valence-corrected chi connectivity index (χ0v) is 13.7. The van der Waals surface area contributed by atoms with E-state index in [-0.39, 0.29) is 15.0 Å². The van der Waals surface area contributed by atoms with E-state index in [9.17, 15) is 13.2 Å². The summed E-state index contributed by atoms with van der Waals surface area (Å²) in [5, 5.41) is 9.05. The van der Waals surface area contributed by atoms with E-state index in [4.69, 9.17) is 9.84 Å². The molecule has 0 radical (unpaired) electrons. The molecule has 21 heavy (non-hydrogen) atoms. The van der Waals surface area contributed by atoms with Gasteiger partial charge in [-0.1, -0.05) is 0 Å². The molecular formula is C13H19NO5S2. The highest BCUT2D eigenvalue weighted by Crippen LogP contribution is 2.30. The predicted octanol–water partition coefficient (Wildman–Crippen LogP) is 1.80. The van der Waals surface area contributed by atoms with E-state index in [1.807, 2.05) is 0 Å². The molecule has 1 atom stereocenters. The van der Waals surface area contributed by atoms with Crippen LogP contribution in [0.1, 0.15) is 28.1 Å². The minimum absolute atomic E-state index is 0.0824. The van der Waals surface area contributed by atoms with Gasteiger partial charge in [-0.3, -0.25) is 0 Å². The molecule has 2 rings (SSSR count). The molecule has 0 spiro atoms. The van der Waals surface area contributed by atoms with Gasteiger partial charge in [-0.25, -0.2) is 13.2 Å². The third-order valence-electron chi connectivity index (χ3n) is 3.57. The number of hydrogen-bond acceptors (Lipinski definition) is 5. The Morgan fingerprint density at radius 1 is 1.57 bits per heavy atom.